The summed E-state index contributed by atoms with van der Waals surface area (Å²) in [6.07, 6.45) is 8.81. The minimum Gasteiger partial charge on any atom is -0.371 e. The van der Waals surface area contributed by atoms with Crippen LogP contribution in [0.25, 0.3) is 10.8 Å². The number of carbonyl (C=O) groups is 1. The van der Waals surface area contributed by atoms with Crippen LogP contribution in [0.1, 0.15) is 49.1 Å². The van der Waals surface area contributed by atoms with Crippen molar-refractivity contribution in [3.05, 3.63) is 47.5 Å². The third-order valence-corrected chi connectivity index (χ3v) is 6.33. The van der Waals surface area contributed by atoms with Crippen LogP contribution in [0.5, 0.6) is 0 Å². The highest BCUT2D eigenvalue weighted by Gasteiger charge is 2.17. The smallest absolute Gasteiger partial charge is 0.224 e. The third-order valence-electron chi connectivity index (χ3n) is 6.33. The Hall–Kier alpha value is -3.40. The lowest BCUT2D eigenvalue weighted by Gasteiger charge is -2.30. The molecule has 7 nitrogen and oxygen atoms in total. The van der Waals surface area contributed by atoms with Gasteiger partial charge in [0.05, 0.1) is 30.4 Å². The number of nitrogens with zero attached hydrogens (tertiary/aromatic N) is 5. The summed E-state index contributed by atoms with van der Waals surface area (Å²) in [5, 5.41) is 18.6. The van der Waals surface area contributed by atoms with Gasteiger partial charge in [0, 0.05) is 54.1 Å². The number of carbonyl (C=O) groups excluding carboxylic acids is 1. The maximum absolute atomic E-state index is 12.8. The van der Waals surface area contributed by atoms with E-state index in [9.17, 15) is 4.79 Å². The molecule has 0 aliphatic carbocycles. The van der Waals surface area contributed by atoms with E-state index >= 15 is 0 Å². The zero-order chi connectivity index (χ0) is 22.5. The van der Waals surface area contributed by atoms with Crippen molar-refractivity contribution in [1.82, 2.24) is 14.8 Å². The van der Waals surface area contributed by atoms with Crippen molar-refractivity contribution in [3.8, 4) is 6.07 Å². The molecule has 4 rings (SSSR count). The van der Waals surface area contributed by atoms with Gasteiger partial charge >= 0.3 is 0 Å². The lowest BCUT2D eigenvalue weighted by molar-refractivity contribution is -0.116. The Balaban J connectivity index is 1.48. The zero-order valence-corrected chi connectivity index (χ0v) is 18.9. The number of aryl methyl sites for hydroxylation is 2. The van der Waals surface area contributed by atoms with E-state index in [-0.39, 0.29) is 5.91 Å². The summed E-state index contributed by atoms with van der Waals surface area (Å²) in [6, 6.07) is 8.32. The highest BCUT2D eigenvalue weighted by atomic mass is 16.1. The molecule has 1 aliphatic heterocycles. The molecule has 1 aliphatic rings. The zero-order valence-electron chi connectivity index (χ0n) is 18.9. The SMILES string of the molecule is Cc1nn(CCC#N)c(C)c1CCC(=O)Nc1ccc(N2CCCCC2)c2ccncc12. The van der Waals surface area contributed by atoms with E-state index in [2.05, 4.69) is 32.4 Å². The maximum Gasteiger partial charge on any atom is 0.224 e. The molecule has 0 atom stereocenters. The number of nitriles is 1. The maximum atomic E-state index is 12.8. The fourth-order valence-corrected chi connectivity index (χ4v) is 4.61. The Morgan fingerprint density at radius 2 is 1.97 bits per heavy atom. The van der Waals surface area contributed by atoms with Gasteiger partial charge in [-0.1, -0.05) is 0 Å². The normalized spacial score (nSPS) is 13.8. The average molecular weight is 431 g/mol. The van der Waals surface area contributed by atoms with E-state index in [4.69, 9.17) is 5.26 Å². The van der Waals surface area contributed by atoms with Crippen molar-refractivity contribution in [2.24, 2.45) is 0 Å². The second-order valence-corrected chi connectivity index (χ2v) is 8.43. The molecule has 3 heterocycles. The van der Waals surface area contributed by atoms with Crippen LogP contribution in [-0.4, -0.2) is 33.8 Å². The van der Waals surface area contributed by atoms with Crippen LogP contribution in [0.3, 0.4) is 0 Å². The third kappa shape index (κ3) is 4.59. The predicted octanol–water partition coefficient (Wildman–Crippen LogP) is 4.52. The number of anilines is 2. The van der Waals surface area contributed by atoms with Crippen molar-refractivity contribution >= 4 is 28.1 Å². The molecule has 0 radical (unpaired) electrons. The van der Waals surface area contributed by atoms with Crippen LogP contribution < -0.4 is 10.2 Å². The van der Waals surface area contributed by atoms with Gasteiger partial charge in [-0.05, 0) is 63.3 Å². The van der Waals surface area contributed by atoms with E-state index in [1.807, 2.05) is 43.1 Å². The molecular formula is C25H30N6O. The van der Waals surface area contributed by atoms with E-state index in [0.717, 1.165) is 46.5 Å². The van der Waals surface area contributed by atoms with Crippen LogP contribution in [0.15, 0.2) is 30.6 Å². The van der Waals surface area contributed by atoms with Crippen LogP contribution in [0, 0.1) is 25.2 Å². The number of pyridine rings is 1. The van der Waals surface area contributed by atoms with Crippen molar-refractivity contribution in [2.45, 2.75) is 58.9 Å². The Bertz CT molecular complexity index is 1150. The van der Waals surface area contributed by atoms with E-state index in [1.165, 1.54) is 24.9 Å². The molecule has 2 aromatic heterocycles. The van der Waals surface area contributed by atoms with E-state index in [0.29, 0.717) is 25.8 Å². The number of hydrogen-bond donors (Lipinski definition) is 1. The summed E-state index contributed by atoms with van der Waals surface area (Å²) in [4.78, 5) is 19.6. The molecule has 1 fully saturated rings. The Morgan fingerprint density at radius 3 is 2.75 bits per heavy atom. The van der Waals surface area contributed by atoms with Gasteiger partial charge in [0.15, 0.2) is 0 Å². The first-order valence-electron chi connectivity index (χ1n) is 11.4. The van der Waals surface area contributed by atoms with Crippen molar-refractivity contribution in [2.75, 3.05) is 23.3 Å². The van der Waals surface area contributed by atoms with Gasteiger partial charge in [0.2, 0.25) is 5.91 Å². The van der Waals surface area contributed by atoms with Gasteiger partial charge in [0.1, 0.15) is 0 Å². The average Bonchev–Trinajstić information content (AvgIpc) is 3.09. The minimum absolute atomic E-state index is 0.0237. The predicted molar refractivity (Wildman–Crippen MR) is 127 cm³/mol. The highest BCUT2D eigenvalue weighted by Crippen LogP contribution is 2.33. The lowest BCUT2D eigenvalue weighted by atomic mass is 10.0. The first-order chi connectivity index (χ1) is 15.6. The molecule has 166 valence electrons. The fourth-order valence-electron chi connectivity index (χ4n) is 4.61. The van der Waals surface area contributed by atoms with Crippen LogP contribution >= 0.6 is 0 Å². The summed E-state index contributed by atoms with van der Waals surface area (Å²) in [6.45, 7) is 6.69. The molecule has 0 unspecified atom stereocenters. The molecular weight excluding hydrogens is 400 g/mol. The van der Waals surface area contributed by atoms with Gasteiger partial charge in [-0.25, -0.2) is 0 Å². The molecule has 3 aromatic rings. The minimum atomic E-state index is -0.0237. The number of amides is 1. The van der Waals surface area contributed by atoms with Gasteiger partial charge in [-0.3, -0.25) is 14.5 Å². The quantitative estimate of drug-likeness (QED) is 0.595. The summed E-state index contributed by atoms with van der Waals surface area (Å²) >= 11 is 0. The van der Waals surface area contributed by atoms with E-state index in [1.54, 1.807) is 0 Å². The van der Waals surface area contributed by atoms with Crippen molar-refractivity contribution in [3.63, 3.8) is 0 Å². The van der Waals surface area contributed by atoms with Crippen LogP contribution in [-0.2, 0) is 17.8 Å². The molecule has 1 aromatic carbocycles. The molecule has 1 amide bonds. The van der Waals surface area contributed by atoms with Gasteiger partial charge in [-0.2, -0.15) is 10.4 Å². The van der Waals surface area contributed by atoms with Gasteiger partial charge in [-0.15, -0.1) is 0 Å². The summed E-state index contributed by atoms with van der Waals surface area (Å²) in [7, 11) is 0. The number of hydrogen-bond acceptors (Lipinski definition) is 5. The first kappa shape index (κ1) is 21.8. The van der Waals surface area contributed by atoms with E-state index < -0.39 is 0 Å². The number of benzene rings is 1. The largest absolute Gasteiger partial charge is 0.371 e. The molecule has 0 spiro atoms. The Kier molecular flexibility index (Phi) is 6.69. The van der Waals surface area contributed by atoms with Crippen LogP contribution in [0.2, 0.25) is 0 Å². The number of fused-ring (bicyclic) bond motifs is 1. The molecule has 0 bridgehead atoms. The van der Waals surface area contributed by atoms with Gasteiger partial charge < -0.3 is 10.2 Å². The molecule has 1 N–H and O–H groups in total. The standard InChI is InChI=1S/C25H30N6O/c1-18-20(19(2)31(29-18)16-6-12-26)7-10-25(32)28-23-8-9-24(30-14-4-3-5-15-30)21-11-13-27-17-22(21)23/h8-9,11,13,17H,3-7,10,14-16H2,1-2H3,(H,28,32). The summed E-state index contributed by atoms with van der Waals surface area (Å²) in [5.41, 5.74) is 5.07. The Morgan fingerprint density at radius 1 is 1.16 bits per heavy atom. The lowest BCUT2D eigenvalue weighted by Crippen LogP contribution is -2.29. The second-order valence-electron chi connectivity index (χ2n) is 8.43. The molecule has 1 saturated heterocycles. The van der Waals surface area contributed by atoms with Crippen molar-refractivity contribution in [1.29, 1.82) is 5.26 Å². The Labute approximate surface area is 189 Å². The number of nitrogens with one attached hydrogen (secondary N) is 1. The molecule has 0 saturated carbocycles. The monoisotopic (exact) mass is 430 g/mol. The van der Waals surface area contributed by atoms with Crippen LogP contribution in [0.4, 0.5) is 11.4 Å². The summed E-state index contributed by atoms with van der Waals surface area (Å²) in [5.74, 6) is -0.0237. The highest BCUT2D eigenvalue weighted by molar-refractivity contribution is 6.06. The topological polar surface area (TPSA) is 86.8 Å². The number of aromatic nitrogens is 3. The number of piperidine rings is 1. The summed E-state index contributed by atoms with van der Waals surface area (Å²) < 4.78 is 1.87. The van der Waals surface area contributed by atoms with Gasteiger partial charge in [0.25, 0.3) is 0 Å². The first-order valence-corrected chi connectivity index (χ1v) is 11.4. The molecule has 7 heteroatoms. The fraction of sp³-hybridized carbons (Fsp3) is 0.440. The molecule has 32 heavy (non-hydrogen) atoms. The number of rotatable bonds is 7. The van der Waals surface area contributed by atoms with Crippen molar-refractivity contribution < 1.29 is 4.79 Å². The second kappa shape index (κ2) is 9.82.